The van der Waals surface area contributed by atoms with Gasteiger partial charge in [0.2, 0.25) is 5.91 Å². The van der Waals surface area contributed by atoms with E-state index in [1.54, 1.807) is 10.3 Å². The molecule has 0 spiro atoms. The molecule has 0 saturated heterocycles. The minimum Gasteiger partial charge on any atom is -0.349 e. The van der Waals surface area contributed by atoms with Crippen molar-refractivity contribution in [3.05, 3.63) is 62.8 Å². The molecule has 2 aromatic heterocycles. The van der Waals surface area contributed by atoms with Crippen molar-refractivity contribution in [2.45, 2.75) is 46.2 Å². The zero-order valence-corrected chi connectivity index (χ0v) is 18.7. The summed E-state index contributed by atoms with van der Waals surface area (Å²) in [6.45, 7) is 9.71. The second-order valence-electron chi connectivity index (χ2n) is 7.84. The summed E-state index contributed by atoms with van der Waals surface area (Å²) >= 11 is 2.55. The van der Waals surface area contributed by atoms with E-state index in [0.717, 1.165) is 27.5 Å². The van der Waals surface area contributed by atoms with Crippen molar-refractivity contribution in [1.29, 1.82) is 0 Å². The fourth-order valence-corrected chi connectivity index (χ4v) is 4.24. The van der Waals surface area contributed by atoms with Crippen molar-refractivity contribution in [2.75, 3.05) is 4.90 Å². The number of hydrogen-bond donors (Lipinski definition) is 1. The molecule has 0 radical (unpaired) electrons. The van der Waals surface area contributed by atoms with Gasteiger partial charge >= 0.3 is 0 Å². The number of aryl methyl sites for hydroxylation is 1. The second-order valence-corrected chi connectivity index (χ2v) is 9.43. The number of rotatable bonds is 5. The van der Waals surface area contributed by atoms with Crippen LogP contribution >= 0.6 is 22.9 Å². The Morgan fingerprint density at radius 2 is 1.90 bits per heavy atom. The van der Waals surface area contributed by atoms with Gasteiger partial charge in [-0.25, -0.2) is 0 Å². The van der Waals surface area contributed by atoms with Crippen LogP contribution in [-0.4, -0.2) is 26.9 Å². The number of carbonyl (C=O) groups is 2. The molecule has 1 N–H and O–H groups in total. The molecular formula is C21H24N4O2S2. The lowest BCUT2D eigenvalue weighted by molar-refractivity contribution is -0.123. The Morgan fingerprint density at radius 3 is 2.48 bits per heavy atom. The zero-order valence-electron chi connectivity index (χ0n) is 17.1. The van der Waals surface area contributed by atoms with Crippen molar-refractivity contribution in [3.63, 3.8) is 0 Å². The second kappa shape index (κ2) is 8.42. The Labute approximate surface area is 178 Å². The third kappa shape index (κ3) is 4.71. The number of nitrogens with zero attached hydrogens (tertiary/aromatic N) is 3. The van der Waals surface area contributed by atoms with Crippen molar-refractivity contribution < 1.29 is 9.59 Å². The van der Waals surface area contributed by atoms with Crippen LogP contribution in [0.1, 0.15) is 53.3 Å². The number of nitrogens with one attached hydrogen (secondary N) is 1. The van der Waals surface area contributed by atoms with Crippen LogP contribution in [0.5, 0.6) is 0 Å². The van der Waals surface area contributed by atoms with Crippen molar-refractivity contribution >= 4 is 40.4 Å². The van der Waals surface area contributed by atoms with E-state index in [4.69, 9.17) is 0 Å². The molecule has 3 aromatic rings. The lowest BCUT2D eigenvalue weighted by Crippen LogP contribution is -2.49. The minimum atomic E-state index is -0.816. The van der Waals surface area contributed by atoms with Gasteiger partial charge in [0.15, 0.2) is 11.7 Å². The SMILES string of the molecule is Cc1cccc(N(C(=O)c2csnn2)[C@H](C(=O)NC(C)(C)C)c2cccs2)c1C. The van der Waals surface area contributed by atoms with E-state index in [9.17, 15) is 9.59 Å². The molecule has 1 aromatic carbocycles. The monoisotopic (exact) mass is 428 g/mol. The smallest absolute Gasteiger partial charge is 0.280 e. The Morgan fingerprint density at radius 1 is 1.14 bits per heavy atom. The van der Waals surface area contributed by atoms with E-state index in [0.29, 0.717) is 5.69 Å². The van der Waals surface area contributed by atoms with E-state index >= 15 is 0 Å². The quantitative estimate of drug-likeness (QED) is 0.648. The van der Waals surface area contributed by atoms with Crippen LogP contribution in [0.2, 0.25) is 0 Å². The molecule has 1 atom stereocenters. The first-order chi connectivity index (χ1) is 13.7. The maximum absolute atomic E-state index is 13.5. The maximum Gasteiger partial charge on any atom is 0.280 e. The molecule has 0 bridgehead atoms. The summed E-state index contributed by atoms with van der Waals surface area (Å²) in [5.41, 5.74) is 2.45. The van der Waals surface area contributed by atoms with Gasteiger partial charge in [-0.1, -0.05) is 22.7 Å². The molecule has 6 nitrogen and oxygen atoms in total. The predicted molar refractivity (Wildman–Crippen MR) is 118 cm³/mol. The summed E-state index contributed by atoms with van der Waals surface area (Å²) in [4.78, 5) is 29.3. The van der Waals surface area contributed by atoms with Crippen LogP contribution in [0.4, 0.5) is 5.69 Å². The average molecular weight is 429 g/mol. The molecule has 0 fully saturated rings. The van der Waals surface area contributed by atoms with Crippen molar-refractivity contribution in [1.82, 2.24) is 14.9 Å². The third-order valence-corrected chi connectivity index (χ3v) is 5.88. The Hall–Kier alpha value is -2.58. The largest absolute Gasteiger partial charge is 0.349 e. The van der Waals surface area contributed by atoms with Crippen molar-refractivity contribution in [3.8, 4) is 0 Å². The van der Waals surface area contributed by atoms with E-state index in [1.807, 2.05) is 70.3 Å². The molecule has 2 heterocycles. The van der Waals surface area contributed by atoms with Gasteiger partial charge in [-0.3, -0.25) is 14.5 Å². The van der Waals surface area contributed by atoms with Crippen LogP contribution in [0.25, 0.3) is 0 Å². The van der Waals surface area contributed by atoms with Gasteiger partial charge in [0.05, 0.1) is 0 Å². The summed E-state index contributed by atoms with van der Waals surface area (Å²) in [6.07, 6.45) is 0. The summed E-state index contributed by atoms with van der Waals surface area (Å²) in [5.74, 6) is -0.590. The highest BCUT2D eigenvalue weighted by molar-refractivity contribution is 7.10. The van der Waals surface area contributed by atoms with Gasteiger partial charge in [0.25, 0.3) is 5.91 Å². The molecule has 0 aliphatic heterocycles. The summed E-state index contributed by atoms with van der Waals surface area (Å²) in [6, 6.07) is 8.69. The number of thiophene rings is 1. The summed E-state index contributed by atoms with van der Waals surface area (Å²) < 4.78 is 3.83. The van der Waals surface area contributed by atoms with Gasteiger partial charge in [0, 0.05) is 21.5 Å². The third-order valence-electron chi connectivity index (χ3n) is 4.45. The first-order valence-corrected chi connectivity index (χ1v) is 10.9. The van der Waals surface area contributed by atoms with Crippen LogP contribution in [0.15, 0.2) is 41.1 Å². The van der Waals surface area contributed by atoms with E-state index in [2.05, 4.69) is 14.9 Å². The fraction of sp³-hybridized carbons (Fsp3) is 0.333. The topological polar surface area (TPSA) is 75.2 Å². The number of aromatic nitrogens is 2. The van der Waals surface area contributed by atoms with Crippen LogP contribution < -0.4 is 10.2 Å². The van der Waals surface area contributed by atoms with Crippen molar-refractivity contribution in [2.24, 2.45) is 0 Å². The predicted octanol–water partition coefficient (Wildman–Crippen LogP) is 4.52. The van der Waals surface area contributed by atoms with Gasteiger partial charge in [0.1, 0.15) is 0 Å². The number of amides is 2. The molecule has 8 heteroatoms. The molecule has 152 valence electrons. The van der Waals surface area contributed by atoms with Gasteiger partial charge < -0.3 is 5.32 Å². The minimum absolute atomic E-state index is 0.223. The maximum atomic E-state index is 13.5. The Balaban J connectivity index is 2.19. The first-order valence-electron chi connectivity index (χ1n) is 9.21. The molecule has 0 saturated carbocycles. The molecule has 0 aliphatic rings. The highest BCUT2D eigenvalue weighted by Gasteiger charge is 2.37. The highest BCUT2D eigenvalue weighted by Crippen LogP contribution is 2.35. The molecule has 3 rings (SSSR count). The lowest BCUT2D eigenvalue weighted by Gasteiger charge is -2.33. The summed E-state index contributed by atoms with van der Waals surface area (Å²) in [7, 11) is 0. The van der Waals surface area contributed by atoms with E-state index < -0.39 is 11.6 Å². The Bertz CT molecular complexity index is 992. The first kappa shape index (κ1) is 21.1. The standard InChI is InChI=1S/C21H24N4O2S2/c1-13-8-6-9-16(14(13)2)25(20(27)15-12-29-24-23-15)18(17-10-7-11-28-17)19(26)22-21(3,4)5/h6-12,18H,1-5H3,(H,22,26)/t18-/m0/s1. The zero-order chi connectivity index (χ0) is 21.2. The highest BCUT2D eigenvalue weighted by atomic mass is 32.1. The van der Waals surface area contributed by atoms with Crippen LogP contribution in [0.3, 0.4) is 0 Å². The number of benzene rings is 1. The lowest BCUT2D eigenvalue weighted by atomic mass is 10.0. The van der Waals surface area contributed by atoms with E-state index in [-0.39, 0.29) is 17.5 Å². The summed E-state index contributed by atoms with van der Waals surface area (Å²) in [5, 5.41) is 10.5. The average Bonchev–Trinajstić information content (AvgIpc) is 3.34. The number of carbonyl (C=O) groups excluding carboxylic acids is 2. The molecule has 0 aliphatic carbocycles. The molecule has 29 heavy (non-hydrogen) atoms. The van der Waals surface area contributed by atoms with Gasteiger partial charge in [-0.05, 0) is 74.8 Å². The normalized spacial score (nSPS) is 12.4. The Kier molecular flexibility index (Phi) is 6.14. The van der Waals surface area contributed by atoms with Gasteiger partial charge in [-0.15, -0.1) is 16.4 Å². The van der Waals surface area contributed by atoms with Crippen LogP contribution in [0, 0.1) is 13.8 Å². The molecular weight excluding hydrogens is 404 g/mol. The van der Waals surface area contributed by atoms with E-state index in [1.165, 1.54) is 11.3 Å². The van der Waals surface area contributed by atoms with Gasteiger partial charge in [-0.2, -0.15) is 0 Å². The molecule has 0 unspecified atom stereocenters. The number of anilines is 1. The molecule has 2 amide bonds. The fourth-order valence-electron chi connectivity index (χ4n) is 3.00. The number of hydrogen-bond acceptors (Lipinski definition) is 6. The van der Waals surface area contributed by atoms with Crippen LogP contribution in [-0.2, 0) is 4.79 Å².